The molecule has 5 rings (SSSR count). The third kappa shape index (κ3) is 3.46. The van der Waals surface area contributed by atoms with Crippen molar-refractivity contribution in [2.75, 3.05) is 4.90 Å². The Bertz CT molecular complexity index is 1480. The largest absolute Gasteiger partial charge is 0.503 e. The Labute approximate surface area is 199 Å². The predicted octanol–water partition coefficient (Wildman–Crippen LogP) is 6.86. The van der Waals surface area contributed by atoms with Crippen molar-refractivity contribution in [3.8, 4) is 0 Å². The summed E-state index contributed by atoms with van der Waals surface area (Å²) in [5.41, 5.74) is 4.16. The van der Waals surface area contributed by atoms with Gasteiger partial charge in [-0.25, -0.2) is 0 Å². The lowest BCUT2D eigenvalue weighted by molar-refractivity contribution is -0.117. The van der Waals surface area contributed by atoms with E-state index in [0.29, 0.717) is 21.7 Å². The average molecular weight is 478 g/mol. The van der Waals surface area contributed by atoms with Crippen LogP contribution in [0.3, 0.4) is 0 Å². The van der Waals surface area contributed by atoms with Crippen LogP contribution in [0.5, 0.6) is 0 Å². The predicted molar refractivity (Wildman–Crippen MR) is 130 cm³/mol. The van der Waals surface area contributed by atoms with Crippen molar-refractivity contribution in [2.45, 2.75) is 26.8 Å². The lowest BCUT2D eigenvalue weighted by Crippen LogP contribution is -2.31. The van der Waals surface area contributed by atoms with Crippen LogP contribution in [0.4, 0.5) is 5.69 Å². The number of anilines is 1. The summed E-state index contributed by atoms with van der Waals surface area (Å²) in [5, 5.41) is 14.0. The first-order valence-electron chi connectivity index (χ1n) is 10.4. The molecule has 33 heavy (non-hydrogen) atoms. The van der Waals surface area contributed by atoms with Crippen molar-refractivity contribution in [2.24, 2.45) is 0 Å². The molecule has 0 radical (unpaired) electrons. The topological polar surface area (TPSA) is 70.8 Å². The number of nitrogens with zero attached hydrogens (tertiary/aromatic N) is 1. The van der Waals surface area contributed by atoms with Crippen LogP contribution in [0.1, 0.15) is 38.2 Å². The maximum Gasteiger partial charge on any atom is 0.294 e. The molecule has 0 saturated heterocycles. The zero-order valence-electron chi connectivity index (χ0n) is 18.2. The minimum Gasteiger partial charge on any atom is -0.503 e. The van der Waals surface area contributed by atoms with E-state index < -0.39 is 23.5 Å². The number of carbonyl (C=O) groups is 2. The van der Waals surface area contributed by atoms with Crippen molar-refractivity contribution < 1.29 is 19.1 Å². The molecule has 2 aromatic carbocycles. The molecule has 1 amide bonds. The lowest BCUT2D eigenvalue weighted by Gasteiger charge is -2.27. The Morgan fingerprint density at radius 1 is 1.03 bits per heavy atom. The Morgan fingerprint density at radius 3 is 2.52 bits per heavy atom. The number of aliphatic hydroxyl groups is 1. The highest BCUT2D eigenvalue weighted by Crippen LogP contribution is 2.45. The van der Waals surface area contributed by atoms with Crippen LogP contribution >= 0.6 is 22.9 Å². The second-order valence-electron chi connectivity index (χ2n) is 8.20. The van der Waals surface area contributed by atoms with Gasteiger partial charge in [-0.1, -0.05) is 17.7 Å². The molecule has 0 saturated carbocycles. The fraction of sp³-hybridized carbons (Fsp3) is 0.154. The van der Waals surface area contributed by atoms with Crippen molar-refractivity contribution in [3.63, 3.8) is 0 Å². The highest BCUT2D eigenvalue weighted by Gasteiger charge is 2.46. The second kappa shape index (κ2) is 7.90. The normalized spacial score (nSPS) is 16.3. The molecule has 1 aliphatic rings. The SMILES string of the molecule is Cc1ccc(N2C(=O)C(O)=C(C(=O)c3cc4cc(Cl)ccc4o3)C2c2sccc2C)cc1C. The van der Waals surface area contributed by atoms with E-state index in [0.717, 1.165) is 21.6 Å². The number of hydrogen-bond donors (Lipinski definition) is 1. The van der Waals surface area contributed by atoms with Gasteiger partial charge >= 0.3 is 0 Å². The maximum atomic E-state index is 13.7. The summed E-state index contributed by atoms with van der Waals surface area (Å²) in [7, 11) is 0. The van der Waals surface area contributed by atoms with Crippen LogP contribution in [0.25, 0.3) is 11.0 Å². The minimum absolute atomic E-state index is 0.00827. The van der Waals surface area contributed by atoms with Crippen LogP contribution in [-0.2, 0) is 4.79 Å². The Hall–Kier alpha value is -3.35. The summed E-state index contributed by atoms with van der Waals surface area (Å²) in [5.74, 6) is -1.66. The van der Waals surface area contributed by atoms with E-state index in [2.05, 4.69) is 0 Å². The zero-order valence-corrected chi connectivity index (χ0v) is 19.8. The van der Waals surface area contributed by atoms with Gasteiger partial charge in [-0.15, -0.1) is 11.3 Å². The summed E-state index contributed by atoms with van der Waals surface area (Å²) >= 11 is 7.51. The number of hydrogen-bond acceptors (Lipinski definition) is 5. The average Bonchev–Trinajstić information content (AvgIpc) is 3.46. The van der Waals surface area contributed by atoms with Gasteiger partial charge < -0.3 is 9.52 Å². The number of fused-ring (bicyclic) bond motifs is 1. The van der Waals surface area contributed by atoms with E-state index >= 15 is 0 Å². The van der Waals surface area contributed by atoms with Gasteiger partial charge in [0.25, 0.3) is 5.91 Å². The first-order valence-corrected chi connectivity index (χ1v) is 11.6. The van der Waals surface area contributed by atoms with Crippen molar-refractivity contribution in [3.05, 3.63) is 97.6 Å². The van der Waals surface area contributed by atoms with Gasteiger partial charge in [0.1, 0.15) is 11.6 Å². The van der Waals surface area contributed by atoms with Crippen LogP contribution in [0, 0.1) is 20.8 Å². The quantitative estimate of drug-likeness (QED) is 0.326. The summed E-state index contributed by atoms with van der Waals surface area (Å²) in [6, 6.07) is 13.5. The van der Waals surface area contributed by atoms with E-state index in [-0.39, 0.29) is 11.3 Å². The van der Waals surface area contributed by atoms with Gasteiger partial charge in [-0.3, -0.25) is 14.5 Å². The molecule has 5 nitrogen and oxygen atoms in total. The summed E-state index contributed by atoms with van der Waals surface area (Å²) in [6.45, 7) is 5.88. The number of ketones is 1. The monoisotopic (exact) mass is 477 g/mol. The summed E-state index contributed by atoms with van der Waals surface area (Å²) < 4.78 is 5.77. The number of carbonyl (C=O) groups excluding carboxylic acids is 2. The van der Waals surface area contributed by atoms with E-state index in [1.807, 2.05) is 50.4 Å². The van der Waals surface area contributed by atoms with Gasteiger partial charge in [0.2, 0.25) is 5.78 Å². The lowest BCUT2D eigenvalue weighted by atomic mass is 9.98. The molecule has 0 fully saturated rings. The number of benzene rings is 2. The standard InChI is InChI=1S/C26H20ClNO4S/c1-13-4-6-18(10-15(13)3)28-22(25-14(2)8-9-33-25)21(24(30)26(28)31)23(29)20-12-16-11-17(27)5-7-19(16)32-20/h4-12,22,30H,1-3H3. The molecule has 0 aliphatic carbocycles. The minimum atomic E-state index is -0.760. The molecular weight excluding hydrogens is 458 g/mol. The zero-order chi connectivity index (χ0) is 23.4. The number of halogens is 1. The van der Waals surface area contributed by atoms with Crippen LogP contribution in [0.2, 0.25) is 5.02 Å². The fourth-order valence-electron chi connectivity index (χ4n) is 4.15. The first kappa shape index (κ1) is 21.5. The Morgan fingerprint density at radius 2 is 1.82 bits per heavy atom. The number of Topliss-reactive ketones (excluding diaryl/α,β-unsaturated/α-hetero) is 1. The molecule has 1 N–H and O–H groups in total. The maximum absolute atomic E-state index is 13.7. The first-order chi connectivity index (χ1) is 15.8. The molecule has 7 heteroatoms. The third-order valence-electron chi connectivity index (χ3n) is 6.07. The third-order valence-corrected chi connectivity index (χ3v) is 7.38. The Balaban J connectivity index is 1.67. The molecule has 1 unspecified atom stereocenters. The van der Waals surface area contributed by atoms with Gasteiger partial charge in [-0.05, 0) is 85.3 Å². The molecule has 1 aliphatic heterocycles. The molecule has 166 valence electrons. The molecule has 4 aromatic rings. The van der Waals surface area contributed by atoms with Gasteiger partial charge in [0.05, 0.1) is 5.57 Å². The van der Waals surface area contributed by atoms with E-state index in [1.54, 1.807) is 24.3 Å². The number of aliphatic hydroxyl groups excluding tert-OH is 1. The smallest absolute Gasteiger partial charge is 0.294 e. The highest BCUT2D eigenvalue weighted by molar-refractivity contribution is 7.10. The molecular formula is C26H20ClNO4S. The molecule has 0 spiro atoms. The molecule has 2 aromatic heterocycles. The number of amides is 1. The molecule has 3 heterocycles. The van der Waals surface area contributed by atoms with Crippen LogP contribution in [0.15, 0.2) is 69.7 Å². The second-order valence-corrected chi connectivity index (χ2v) is 9.58. The summed E-state index contributed by atoms with van der Waals surface area (Å²) in [4.78, 5) is 29.3. The van der Waals surface area contributed by atoms with Gasteiger partial charge in [0, 0.05) is 21.0 Å². The van der Waals surface area contributed by atoms with E-state index in [1.165, 1.54) is 16.2 Å². The van der Waals surface area contributed by atoms with Gasteiger partial charge in [0.15, 0.2) is 11.5 Å². The van der Waals surface area contributed by atoms with E-state index in [4.69, 9.17) is 16.0 Å². The number of furan rings is 1. The van der Waals surface area contributed by atoms with Crippen LogP contribution in [-0.4, -0.2) is 16.8 Å². The van der Waals surface area contributed by atoms with Crippen molar-refractivity contribution >= 4 is 51.3 Å². The Kier molecular flexibility index (Phi) is 5.15. The van der Waals surface area contributed by atoms with Crippen molar-refractivity contribution in [1.82, 2.24) is 0 Å². The van der Waals surface area contributed by atoms with Gasteiger partial charge in [-0.2, -0.15) is 0 Å². The number of rotatable bonds is 4. The highest BCUT2D eigenvalue weighted by atomic mass is 35.5. The number of aryl methyl sites for hydroxylation is 3. The number of thiophene rings is 1. The van der Waals surface area contributed by atoms with E-state index in [9.17, 15) is 14.7 Å². The molecule has 0 bridgehead atoms. The van der Waals surface area contributed by atoms with Crippen LogP contribution < -0.4 is 4.90 Å². The fourth-order valence-corrected chi connectivity index (χ4v) is 5.36. The van der Waals surface area contributed by atoms with Crippen molar-refractivity contribution in [1.29, 1.82) is 0 Å². The summed E-state index contributed by atoms with van der Waals surface area (Å²) in [6.07, 6.45) is 0. The molecule has 1 atom stereocenters.